The van der Waals surface area contributed by atoms with Crippen molar-refractivity contribution >= 4 is 15.9 Å². The number of benzene rings is 1. The molecule has 2 saturated heterocycles. The Hall–Kier alpha value is -0.420. The fourth-order valence-corrected chi connectivity index (χ4v) is 3.21. The van der Waals surface area contributed by atoms with E-state index in [0.717, 1.165) is 36.0 Å². The summed E-state index contributed by atoms with van der Waals surface area (Å²) in [6.45, 7) is 3.49. The zero-order chi connectivity index (χ0) is 12.4. The van der Waals surface area contributed by atoms with Crippen LogP contribution in [0.1, 0.15) is 18.4 Å². The molecule has 2 aliphatic rings. The highest BCUT2D eigenvalue weighted by atomic mass is 79.9. The minimum Gasteiger partial charge on any atom is -0.343 e. The molecule has 3 nitrogen and oxygen atoms in total. The summed E-state index contributed by atoms with van der Waals surface area (Å²) in [4.78, 5) is 0. The van der Waals surface area contributed by atoms with Crippen molar-refractivity contribution in [2.75, 3.05) is 26.3 Å². The molecule has 1 aromatic carbocycles. The zero-order valence-electron chi connectivity index (χ0n) is 10.3. The van der Waals surface area contributed by atoms with E-state index < -0.39 is 5.79 Å². The molecule has 0 bridgehead atoms. The Labute approximate surface area is 116 Å². The molecule has 0 atom stereocenters. The maximum Gasteiger partial charge on any atom is 0.197 e. The first kappa shape index (κ1) is 12.6. The molecule has 0 radical (unpaired) electrons. The van der Waals surface area contributed by atoms with Gasteiger partial charge in [0.05, 0.1) is 13.2 Å². The van der Waals surface area contributed by atoms with Crippen LogP contribution in [-0.2, 0) is 15.3 Å². The minimum atomic E-state index is -0.511. The van der Waals surface area contributed by atoms with Crippen LogP contribution in [0.2, 0.25) is 0 Å². The molecular formula is C14H18BrNO2. The summed E-state index contributed by atoms with van der Waals surface area (Å²) in [5.41, 5.74) is 1.15. The van der Waals surface area contributed by atoms with Gasteiger partial charge in [-0.1, -0.05) is 28.1 Å². The Bertz CT molecular complexity index is 395. The summed E-state index contributed by atoms with van der Waals surface area (Å²) >= 11 is 3.48. The minimum absolute atomic E-state index is 0.447. The fourth-order valence-electron chi connectivity index (χ4n) is 2.95. The smallest absolute Gasteiger partial charge is 0.197 e. The van der Waals surface area contributed by atoms with E-state index in [0.29, 0.717) is 19.1 Å². The lowest BCUT2D eigenvalue weighted by Gasteiger charge is -2.38. The summed E-state index contributed by atoms with van der Waals surface area (Å²) in [6.07, 6.45) is 2.21. The van der Waals surface area contributed by atoms with Crippen molar-refractivity contribution in [3.8, 4) is 0 Å². The quantitative estimate of drug-likeness (QED) is 0.911. The van der Waals surface area contributed by atoms with Gasteiger partial charge in [-0.25, -0.2) is 0 Å². The predicted octanol–water partition coefficient (Wildman–Crippen LogP) is 2.65. The molecule has 3 rings (SSSR count). The molecule has 0 aromatic heterocycles. The molecule has 1 aromatic rings. The second-order valence-corrected chi connectivity index (χ2v) is 5.81. The first-order valence-corrected chi connectivity index (χ1v) is 7.35. The van der Waals surface area contributed by atoms with Gasteiger partial charge in [0.2, 0.25) is 0 Å². The normalized spacial score (nSPS) is 24.3. The number of hydrogen-bond donors (Lipinski definition) is 1. The van der Waals surface area contributed by atoms with Crippen LogP contribution in [0.3, 0.4) is 0 Å². The third-order valence-corrected chi connectivity index (χ3v) is 4.37. The van der Waals surface area contributed by atoms with Crippen LogP contribution in [-0.4, -0.2) is 26.3 Å². The lowest BCUT2D eigenvalue weighted by atomic mass is 9.84. The highest BCUT2D eigenvalue weighted by molar-refractivity contribution is 9.10. The van der Waals surface area contributed by atoms with Crippen LogP contribution < -0.4 is 5.32 Å². The van der Waals surface area contributed by atoms with Gasteiger partial charge in [0, 0.05) is 16.0 Å². The highest BCUT2D eigenvalue weighted by Crippen LogP contribution is 2.42. The molecule has 2 fully saturated rings. The van der Waals surface area contributed by atoms with Gasteiger partial charge in [0.15, 0.2) is 5.79 Å². The number of ether oxygens (including phenoxy) is 2. The second kappa shape index (κ2) is 5.29. The van der Waals surface area contributed by atoms with Gasteiger partial charge in [-0.15, -0.1) is 0 Å². The fraction of sp³-hybridized carbons (Fsp3) is 0.571. The second-order valence-electron chi connectivity index (χ2n) is 4.90. The van der Waals surface area contributed by atoms with Crippen LogP contribution in [0.15, 0.2) is 28.7 Å². The molecular weight excluding hydrogens is 294 g/mol. The average Bonchev–Trinajstić information content (AvgIpc) is 2.91. The van der Waals surface area contributed by atoms with E-state index in [9.17, 15) is 0 Å². The van der Waals surface area contributed by atoms with E-state index in [1.54, 1.807) is 0 Å². The number of piperidine rings is 1. The molecule has 18 heavy (non-hydrogen) atoms. The van der Waals surface area contributed by atoms with Gasteiger partial charge in [-0.05, 0) is 38.1 Å². The Morgan fingerprint density at radius 1 is 1.06 bits per heavy atom. The van der Waals surface area contributed by atoms with Gasteiger partial charge in [-0.2, -0.15) is 0 Å². The maximum absolute atomic E-state index is 6.04. The molecule has 0 aliphatic carbocycles. The number of halogens is 1. The number of rotatable bonds is 2. The molecule has 2 heterocycles. The van der Waals surface area contributed by atoms with Crippen molar-refractivity contribution in [1.29, 1.82) is 0 Å². The summed E-state index contributed by atoms with van der Waals surface area (Å²) in [5.74, 6) is -0.0644. The summed E-state index contributed by atoms with van der Waals surface area (Å²) < 4.78 is 13.2. The van der Waals surface area contributed by atoms with E-state index >= 15 is 0 Å². The molecule has 0 saturated carbocycles. The van der Waals surface area contributed by atoms with E-state index in [-0.39, 0.29) is 0 Å². The van der Waals surface area contributed by atoms with E-state index in [1.807, 2.05) is 0 Å². The lowest BCUT2D eigenvalue weighted by molar-refractivity contribution is -0.210. The topological polar surface area (TPSA) is 30.5 Å². The van der Waals surface area contributed by atoms with E-state index in [2.05, 4.69) is 45.5 Å². The largest absolute Gasteiger partial charge is 0.343 e. The lowest BCUT2D eigenvalue weighted by Crippen LogP contribution is -2.42. The van der Waals surface area contributed by atoms with Crippen LogP contribution in [0.25, 0.3) is 0 Å². The van der Waals surface area contributed by atoms with E-state index in [1.165, 1.54) is 0 Å². The first-order chi connectivity index (χ1) is 8.81. The highest BCUT2D eigenvalue weighted by Gasteiger charge is 2.46. The molecule has 0 unspecified atom stereocenters. The SMILES string of the molecule is Brc1ccc(C2(C3CCNCC3)OCCO2)cc1. The summed E-state index contributed by atoms with van der Waals surface area (Å²) in [7, 11) is 0. The van der Waals surface area contributed by atoms with Crippen LogP contribution in [0.5, 0.6) is 0 Å². The number of hydrogen-bond acceptors (Lipinski definition) is 3. The summed E-state index contributed by atoms with van der Waals surface area (Å²) in [5, 5.41) is 3.40. The van der Waals surface area contributed by atoms with Gasteiger partial charge in [0.1, 0.15) is 0 Å². The standard InChI is InChI=1S/C14H18BrNO2/c15-13-3-1-11(2-4-13)14(17-9-10-18-14)12-5-7-16-8-6-12/h1-4,12,16H,5-10H2. The predicted molar refractivity (Wildman–Crippen MR) is 73.3 cm³/mol. The summed E-state index contributed by atoms with van der Waals surface area (Å²) in [6, 6.07) is 8.33. The number of nitrogens with one attached hydrogen (secondary N) is 1. The van der Waals surface area contributed by atoms with Crippen LogP contribution in [0, 0.1) is 5.92 Å². The molecule has 2 aliphatic heterocycles. The van der Waals surface area contributed by atoms with Crippen molar-refractivity contribution in [2.24, 2.45) is 5.92 Å². The first-order valence-electron chi connectivity index (χ1n) is 6.56. The van der Waals surface area contributed by atoms with Crippen molar-refractivity contribution in [2.45, 2.75) is 18.6 Å². The average molecular weight is 312 g/mol. The Morgan fingerprint density at radius 2 is 1.67 bits per heavy atom. The Balaban J connectivity index is 1.92. The van der Waals surface area contributed by atoms with Gasteiger partial charge in [0.25, 0.3) is 0 Å². The van der Waals surface area contributed by atoms with Crippen molar-refractivity contribution in [3.05, 3.63) is 34.3 Å². The Morgan fingerprint density at radius 3 is 2.28 bits per heavy atom. The van der Waals surface area contributed by atoms with Crippen LogP contribution in [0.4, 0.5) is 0 Å². The monoisotopic (exact) mass is 311 g/mol. The molecule has 4 heteroatoms. The van der Waals surface area contributed by atoms with Gasteiger partial charge >= 0.3 is 0 Å². The third kappa shape index (κ3) is 2.23. The molecule has 0 spiro atoms. The van der Waals surface area contributed by atoms with E-state index in [4.69, 9.17) is 9.47 Å². The molecule has 0 amide bonds. The molecule has 98 valence electrons. The maximum atomic E-state index is 6.04. The van der Waals surface area contributed by atoms with Crippen LogP contribution >= 0.6 is 15.9 Å². The Kier molecular flexibility index (Phi) is 3.71. The van der Waals surface area contributed by atoms with Gasteiger partial charge < -0.3 is 14.8 Å². The molecule has 1 N–H and O–H groups in total. The van der Waals surface area contributed by atoms with Crippen molar-refractivity contribution < 1.29 is 9.47 Å². The van der Waals surface area contributed by atoms with Crippen molar-refractivity contribution in [1.82, 2.24) is 5.32 Å². The van der Waals surface area contributed by atoms with Gasteiger partial charge in [-0.3, -0.25) is 0 Å². The van der Waals surface area contributed by atoms with Crippen molar-refractivity contribution in [3.63, 3.8) is 0 Å². The third-order valence-electron chi connectivity index (χ3n) is 3.84. The zero-order valence-corrected chi connectivity index (χ0v) is 11.9.